The summed E-state index contributed by atoms with van der Waals surface area (Å²) in [5.41, 5.74) is -0.780. The Kier molecular flexibility index (Phi) is 3.68. The number of rotatable bonds is 4. The molecule has 0 aliphatic carbocycles. The fourth-order valence-corrected chi connectivity index (χ4v) is 1.11. The first kappa shape index (κ1) is 10.3. The summed E-state index contributed by atoms with van der Waals surface area (Å²) in [4.78, 5) is 24.0. The SMILES string of the molecule is N#CCCCCn1ccc(=O)[nH]c1=O. The lowest BCUT2D eigenvalue weighted by Crippen LogP contribution is -2.28. The third kappa shape index (κ3) is 2.90. The maximum Gasteiger partial charge on any atom is 0.328 e. The summed E-state index contributed by atoms with van der Waals surface area (Å²) in [7, 11) is 0. The fourth-order valence-electron chi connectivity index (χ4n) is 1.11. The molecule has 0 saturated carbocycles. The fraction of sp³-hybridized carbons (Fsp3) is 0.444. The van der Waals surface area contributed by atoms with Crippen LogP contribution in [-0.2, 0) is 6.54 Å². The van der Waals surface area contributed by atoms with E-state index in [1.807, 2.05) is 6.07 Å². The van der Waals surface area contributed by atoms with Gasteiger partial charge in [-0.2, -0.15) is 5.26 Å². The van der Waals surface area contributed by atoms with Gasteiger partial charge in [0.05, 0.1) is 6.07 Å². The van der Waals surface area contributed by atoms with E-state index in [9.17, 15) is 9.59 Å². The maximum atomic E-state index is 11.1. The highest BCUT2D eigenvalue weighted by Gasteiger charge is 1.95. The number of aromatic nitrogens is 2. The van der Waals surface area contributed by atoms with Gasteiger partial charge in [-0.15, -0.1) is 0 Å². The van der Waals surface area contributed by atoms with Crippen LogP contribution < -0.4 is 11.2 Å². The van der Waals surface area contributed by atoms with Crippen molar-refractivity contribution in [2.75, 3.05) is 0 Å². The van der Waals surface area contributed by atoms with Crippen molar-refractivity contribution >= 4 is 0 Å². The summed E-state index contributed by atoms with van der Waals surface area (Å²) >= 11 is 0. The average Bonchev–Trinajstić information content (AvgIpc) is 2.15. The zero-order chi connectivity index (χ0) is 10.4. The highest BCUT2D eigenvalue weighted by molar-refractivity contribution is 4.82. The summed E-state index contributed by atoms with van der Waals surface area (Å²) in [5, 5.41) is 8.29. The largest absolute Gasteiger partial charge is 0.328 e. The molecule has 74 valence electrons. The van der Waals surface area contributed by atoms with E-state index in [1.54, 1.807) is 0 Å². The highest BCUT2D eigenvalue weighted by atomic mass is 16.2. The standard InChI is InChI=1S/C9H11N3O2/c10-5-2-1-3-6-12-7-4-8(13)11-9(12)14/h4,7H,1-3,6H2,(H,11,13,14). The predicted octanol–water partition coefficient (Wildman–Crippen LogP) is 0.230. The lowest BCUT2D eigenvalue weighted by atomic mass is 10.2. The quantitative estimate of drug-likeness (QED) is 0.695. The first-order valence-electron chi connectivity index (χ1n) is 4.41. The third-order valence-corrected chi connectivity index (χ3v) is 1.83. The van der Waals surface area contributed by atoms with Crippen LogP contribution in [0.25, 0.3) is 0 Å². The number of nitrogens with one attached hydrogen (secondary N) is 1. The van der Waals surface area contributed by atoms with E-state index in [-0.39, 0.29) is 5.56 Å². The Balaban J connectivity index is 2.56. The van der Waals surface area contributed by atoms with Gasteiger partial charge in [0.2, 0.25) is 0 Å². The number of nitrogens with zero attached hydrogens (tertiary/aromatic N) is 2. The molecule has 0 aromatic carbocycles. The molecule has 0 aliphatic heterocycles. The summed E-state index contributed by atoms with van der Waals surface area (Å²) in [6, 6.07) is 3.34. The zero-order valence-electron chi connectivity index (χ0n) is 7.69. The number of aryl methyl sites for hydroxylation is 1. The van der Waals surface area contributed by atoms with Gasteiger partial charge < -0.3 is 4.57 Å². The molecule has 1 aromatic heterocycles. The molecular weight excluding hydrogens is 182 g/mol. The van der Waals surface area contributed by atoms with Gasteiger partial charge in [0.15, 0.2) is 0 Å². The Labute approximate surface area is 80.6 Å². The molecule has 1 aromatic rings. The van der Waals surface area contributed by atoms with Crippen molar-refractivity contribution in [3.8, 4) is 6.07 Å². The van der Waals surface area contributed by atoms with Crippen LogP contribution in [0.3, 0.4) is 0 Å². The molecule has 14 heavy (non-hydrogen) atoms. The van der Waals surface area contributed by atoms with Gasteiger partial charge in [0, 0.05) is 25.2 Å². The second-order valence-electron chi connectivity index (χ2n) is 2.92. The summed E-state index contributed by atoms with van der Waals surface area (Å²) in [6.45, 7) is 0.539. The van der Waals surface area contributed by atoms with E-state index in [2.05, 4.69) is 4.98 Å². The number of nitriles is 1. The highest BCUT2D eigenvalue weighted by Crippen LogP contribution is 1.95. The van der Waals surface area contributed by atoms with E-state index in [4.69, 9.17) is 5.26 Å². The van der Waals surface area contributed by atoms with Gasteiger partial charge in [0.25, 0.3) is 5.56 Å². The van der Waals surface area contributed by atoms with E-state index in [0.717, 1.165) is 12.8 Å². The third-order valence-electron chi connectivity index (χ3n) is 1.83. The number of hydrogen-bond donors (Lipinski definition) is 1. The smallest absolute Gasteiger partial charge is 0.301 e. The van der Waals surface area contributed by atoms with Crippen molar-refractivity contribution in [2.24, 2.45) is 0 Å². The molecule has 0 unspecified atom stereocenters. The second-order valence-corrected chi connectivity index (χ2v) is 2.92. The van der Waals surface area contributed by atoms with E-state index in [1.165, 1.54) is 16.8 Å². The van der Waals surface area contributed by atoms with E-state index >= 15 is 0 Å². The van der Waals surface area contributed by atoms with Crippen molar-refractivity contribution in [1.29, 1.82) is 5.26 Å². The molecule has 1 rings (SSSR count). The van der Waals surface area contributed by atoms with Crippen molar-refractivity contribution in [1.82, 2.24) is 9.55 Å². The molecule has 0 bridgehead atoms. The Hall–Kier alpha value is -1.83. The maximum absolute atomic E-state index is 11.1. The van der Waals surface area contributed by atoms with Crippen LogP contribution in [0.4, 0.5) is 0 Å². The Bertz CT molecular complexity index is 438. The van der Waals surface area contributed by atoms with E-state index in [0.29, 0.717) is 13.0 Å². The molecule has 0 amide bonds. The molecular formula is C9H11N3O2. The Morgan fingerprint density at radius 2 is 2.21 bits per heavy atom. The van der Waals surface area contributed by atoms with Gasteiger partial charge in [-0.25, -0.2) is 4.79 Å². The van der Waals surface area contributed by atoms with Crippen LogP contribution in [0, 0.1) is 11.3 Å². The lowest BCUT2D eigenvalue weighted by Gasteiger charge is -2.01. The number of H-pyrrole nitrogens is 1. The molecule has 0 atom stereocenters. The van der Waals surface area contributed by atoms with Crippen molar-refractivity contribution in [2.45, 2.75) is 25.8 Å². The van der Waals surface area contributed by atoms with Crippen molar-refractivity contribution in [3.63, 3.8) is 0 Å². The van der Waals surface area contributed by atoms with Crippen LogP contribution in [-0.4, -0.2) is 9.55 Å². The van der Waals surface area contributed by atoms with Crippen LogP contribution in [0.5, 0.6) is 0 Å². The van der Waals surface area contributed by atoms with Crippen LogP contribution >= 0.6 is 0 Å². The van der Waals surface area contributed by atoms with Gasteiger partial charge in [0.1, 0.15) is 0 Å². The Morgan fingerprint density at radius 3 is 2.86 bits per heavy atom. The minimum absolute atomic E-state index is 0.386. The normalized spacial score (nSPS) is 9.64. The molecule has 0 spiro atoms. The molecule has 0 saturated heterocycles. The first-order valence-corrected chi connectivity index (χ1v) is 4.41. The topological polar surface area (TPSA) is 78.7 Å². The average molecular weight is 193 g/mol. The second kappa shape index (κ2) is 5.02. The minimum Gasteiger partial charge on any atom is -0.301 e. The Morgan fingerprint density at radius 1 is 1.43 bits per heavy atom. The monoisotopic (exact) mass is 193 g/mol. The number of aromatic amines is 1. The van der Waals surface area contributed by atoms with Crippen molar-refractivity contribution in [3.05, 3.63) is 33.1 Å². The lowest BCUT2D eigenvalue weighted by molar-refractivity contribution is 0.585. The molecule has 1 N–H and O–H groups in total. The molecule has 0 aliphatic rings. The first-order chi connectivity index (χ1) is 6.74. The molecule has 5 nitrogen and oxygen atoms in total. The van der Waals surface area contributed by atoms with E-state index < -0.39 is 5.69 Å². The van der Waals surface area contributed by atoms with Crippen LogP contribution in [0.15, 0.2) is 21.9 Å². The minimum atomic E-state index is -0.394. The predicted molar refractivity (Wildman–Crippen MR) is 50.8 cm³/mol. The summed E-state index contributed by atoms with van der Waals surface area (Å²) < 4.78 is 1.43. The van der Waals surface area contributed by atoms with Crippen LogP contribution in [0.2, 0.25) is 0 Å². The molecule has 0 fully saturated rings. The van der Waals surface area contributed by atoms with Crippen molar-refractivity contribution < 1.29 is 0 Å². The van der Waals surface area contributed by atoms with Gasteiger partial charge in [-0.3, -0.25) is 9.78 Å². The van der Waals surface area contributed by atoms with Gasteiger partial charge in [-0.05, 0) is 12.8 Å². The molecule has 1 heterocycles. The summed E-state index contributed by atoms with van der Waals surface area (Å²) in [6.07, 6.45) is 3.49. The van der Waals surface area contributed by atoms with Crippen LogP contribution in [0.1, 0.15) is 19.3 Å². The number of unbranched alkanes of at least 4 members (excludes halogenated alkanes) is 2. The zero-order valence-corrected chi connectivity index (χ0v) is 7.69. The van der Waals surface area contributed by atoms with Gasteiger partial charge >= 0.3 is 5.69 Å². The summed E-state index contributed by atoms with van der Waals surface area (Å²) in [5.74, 6) is 0. The number of hydrogen-bond acceptors (Lipinski definition) is 3. The van der Waals surface area contributed by atoms with Gasteiger partial charge in [-0.1, -0.05) is 0 Å². The molecule has 0 radical (unpaired) electrons. The molecule has 5 heteroatoms.